The number of aromatic hydroxyl groups is 1. The standard InChI is InChI=1S/C15H15NO.2ClH.Ti/c1-2-12-7-6-8-13(15(12)17)11-16-14-9-4-3-5-10-14;;;/h3-11,17H,2H2,1H3;2*1H;/q;;;+2/p-2. The first kappa shape index (κ1) is 17.3. The number of aryl methyl sites for hydroxylation is 1. The van der Waals surface area contributed by atoms with Crippen molar-refractivity contribution in [3.63, 3.8) is 0 Å². The normalized spacial score (nSPS) is 9.95. The zero-order chi connectivity index (χ0) is 14.8. The van der Waals surface area contributed by atoms with Crippen LogP contribution in [0.5, 0.6) is 5.75 Å². The molecule has 0 saturated heterocycles. The molecule has 0 aliphatic carbocycles. The molecule has 0 aromatic heterocycles. The molecule has 104 valence electrons. The molecule has 0 amide bonds. The fourth-order valence-electron chi connectivity index (χ4n) is 1.66. The molecule has 20 heavy (non-hydrogen) atoms. The van der Waals surface area contributed by atoms with E-state index in [0.29, 0.717) is 5.75 Å². The average molecular weight is 344 g/mol. The molecule has 0 bridgehead atoms. The van der Waals surface area contributed by atoms with Gasteiger partial charge in [0.1, 0.15) is 5.75 Å². The first-order chi connectivity index (χ1) is 9.72. The molecule has 0 saturated carbocycles. The number of hydrogen-bond acceptors (Lipinski definition) is 2. The Kier molecular flexibility index (Phi) is 8.63. The fourth-order valence-corrected chi connectivity index (χ4v) is 1.66. The van der Waals surface area contributed by atoms with Gasteiger partial charge >= 0.3 is 35.6 Å². The van der Waals surface area contributed by atoms with Crippen LogP contribution in [0.2, 0.25) is 0 Å². The van der Waals surface area contributed by atoms with Gasteiger partial charge in [0.2, 0.25) is 0 Å². The van der Waals surface area contributed by atoms with Gasteiger partial charge in [-0.2, -0.15) is 0 Å². The Morgan fingerprint density at radius 1 is 1.10 bits per heavy atom. The van der Waals surface area contributed by atoms with Crippen LogP contribution in [0.25, 0.3) is 0 Å². The molecular formula is C15H15Cl2NOTi. The van der Waals surface area contributed by atoms with E-state index in [2.05, 4.69) is 4.99 Å². The van der Waals surface area contributed by atoms with E-state index < -0.39 is 17.0 Å². The van der Waals surface area contributed by atoms with Crippen LogP contribution in [0.4, 0.5) is 5.69 Å². The Morgan fingerprint density at radius 3 is 2.35 bits per heavy atom. The molecule has 0 spiro atoms. The average Bonchev–Trinajstić information content (AvgIpc) is 2.48. The summed E-state index contributed by atoms with van der Waals surface area (Å²) in [6.07, 6.45) is 2.52. The zero-order valence-electron chi connectivity index (χ0n) is 11.1. The number of benzene rings is 2. The number of aliphatic imine (C=N–C) groups is 1. The number of phenols is 1. The number of para-hydroxylation sites is 2. The number of rotatable bonds is 3. The predicted octanol–water partition coefficient (Wildman–Crippen LogP) is 5.08. The first-order valence-electron chi connectivity index (χ1n) is 6.09. The Bertz CT molecular complexity index is 547. The van der Waals surface area contributed by atoms with Gasteiger partial charge in [-0.3, -0.25) is 4.99 Å². The van der Waals surface area contributed by atoms with Gasteiger partial charge in [0.15, 0.2) is 0 Å². The quantitative estimate of drug-likeness (QED) is 0.611. The van der Waals surface area contributed by atoms with E-state index in [1.54, 1.807) is 6.21 Å². The van der Waals surface area contributed by atoms with Gasteiger partial charge in [-0.05, 0) is 30.2 Å². The topological polar surface area (TPSA) is 32.6 Å². The van der Waals surface area contributed by atoms with Crippen LogP contribution in [0.15, 0.2) is 53.5 Å². The van der Waals surface area contributed by atoms with Crippen molar-refractivity contribution in [1.29, 1.82) is 0 Å². The van der Waals surface area contributed by atoms with Gasteiger partial charge < -0.3 is 5.11 Å². The number of halogens is 2. The molecule has 1 N–H and O–H groups in total. The molecule has 0 unspecified atom stereocenters. The van der Waals surface area contributed by atoms with Crippen LogP contribution in [-0.4, -0.2) is 11.3 Å². The summed E-state index contributed by atoms with van der Waals surface area (Å²) in [5.74, 6) is 0.328. The number of phenolic OH excluding ortho intramolecular Hbond substituents is 1. The van der Waals surface area contributed by atoms with Gasteiger partial charge in [0.25, 0.3) is 0 Å². The van der Waals surface area contributed by atoms with E-state index in [0.717, 1.165) is 23.2 Å². The minimum atomic E-state index is -0.556. The molecule has 0 aliphatic rings. The van der Waals surface area contributed by atoms with E-state index in [9.17, 15) is 5.11 Å². The van der Waals surface area contributed by atoms with Crippen molar-refractivity contribution in [3.05, 3.63) is 59.7 Å². The second-order valence-electron chi connectivity index (χ2n) is 3.87. The second kappa shape index (κ2) is 10.0. The SMILES string of the molecule is CCc1cccc(C=Nc2ccccc2)c1O.[Cl][Ti][Cl]. The molecule has 2 aromatic rings. The summed E-state index contributed by atoms with van der Waals surface area (Å²) in [4.78, 5) is 4.33. The van der Waals surface area contributed by atoms with Gasteiger partial charge in [-0.25, -0.2) is 0 Å². The summed E-state index contributed by atoms with van der Waals surface area (Å²) in [6, 6.07) is 15.4. The van der Waals surface area contributed by atoms with Crippen molar-refractivity contribution in [2.75, 3.05) is 0 Å². The Labute approximate surface area is 136 Å². The van der Waals surface area contributed by atoms with Crippen LogP contribution < -0.4 is 0 Å². The molecule has 0 atom stereocenters. The molecule has 0 radical (unpaired) electrons. The van der Waals surface area contributed by atoms with Crippen molar-refractivity contribution in [1.82, 2.24) is 0 Å². The first-order valence-corrected chi connectivity index (χ1v) is 10.4. The zero-order valence-corrected chi connectivity index (χ0v) is 14.1. The molecule has 2 nitrogen and oxygen atoms in total. The summed E-state index contributed by atoms with van der Waals surface area (Å²) in [6.45, 7) is 2.02. The van der Waals surface area contributed by atoms with E-state index in [1.807, 2.05) is 55.5 Å². The second-order valence-corrected chi connectivity index (χ2v) is 6.45. The van der Waals surface area contributed by atoms with Crippen molar-refractivity contribution in [2.45, 2.75) is 13.3 Å². The minimum absolute atomic E-state index is 0.328. The summed E-state index contributed by atoms with van der Waals surface area (Å²) in [5.41, 5.74) is 2.59. The Morgan fingerprint density at radius 2 is 1.75 bits per heavy atom. The Hall–Kier alpha value is -0.796. The third kappa shape index (κ3) is 5.68. The Balaban J connectivity index is 0.000000612. The molecule has 2 rings (SSSR count). The van der Waals surface area contributed by atoms with Crippen LogP contribution in [0.1, 0.15) is 18.1 Å². The maximum absolute atomic E-state index is 9.98. The van der Waals surface area contributed by atoms with Crippen LogP contribution in [0, 0.1) is 0 Å². The van der Waals surface area contributed by atoms with Crippen molar-refractivity contribution in [3.8, 4) is 5.75 Å². The van der Waals surface area contributed by atoms with E-state index >= 15 is 0 Å². The van der Waals surface area contributed by atoms with Crippen LogP contribution in [-0.2, 0) is 23.5 Å². The van der Waals surface area contributed by atoms with Gasteiger partial charge in [-0.15, -0.1) is 0 Å². The maximum atomic E-state index is 9.98. The van der Waals surface area contributed by atoms with Crippen molar-refractivity contribution < 1.29 is 22.1 Å². The van der Waals surface area contributed by atoms with E-state index in [4.69, 9.17) is 18.6 Å². The van der Waals surface area contributed by atoms with Crippen LogP contribution >= 0.6 is 18.6 Å². The number of nitrogens with zero attached hydrogens (tertiary/aromatic N) is 1. The summed E-state index contributed by atoms with van der Waals surface area (Å²) >= 11 is -0.556. The monoisotopic (exact) mass is 343 g/mol. The van der Waals surface area contributed by atoms with Gasteiger partial charge in [0, 0.05) is 11.8 Å². The predicted molar refractivity (Wildman–Crippen MR) is 82.9 cm³/mol. The molecular weight excluding hydrogens is 329 g/mol. The molecule has 2 aromatic carbocycles. The van der Waals surface area contributed by atoms with E-state index in [-0.39, 0.29) is 0 Å². The van der Waals surface area contributed by atoms with Crippen LogP contribution in [0.3, 0.4) is 0 Å². The van der Waals surface area contributed by atoms with Crippen molar-refractivity contribution >= 4 is 30.5 Å². The van der Waals surface area contributed by atoms with E-state index in [1.165, 1.54) is 0 Å². The molecule has 0 heterocycles. The van der Waals surface area contributed by atoms with Gasteiger partial charge in [-0.1, -0.05) is 37.3 Å². The molecule has 5 heteroatoms. The third-order valence-corrected chi connectivity index (χ3v) is 2.64. The number of hydrogen-bond donors (Lipinski definition) is 1. The molecule has 0 fully saturated rings. The van der Waals surface area contributed by atoms with Gasteiger partial charge in [0.05, 0.1) is 5.69 Å². The third-order valence-electron chi connectivity index (χ3n) is 2.64. The summed E-state index contributed by atoms with van der Waals surface area (Å²) in [5, 5.41) is 9.98. The summed E-state index contributed by atoms with van der Waals surface area (Å²) < 4.78 is 0. The molecule has 0 aliphatic heterocycles. The summed E-state index contributed by atoms with van der Waals surface area (Å²) in [7, 11) is 9.78. The fraction of sp³-hybridized carbons (Fsp3) is 0.133. The van der Waals surface area contributed by atoms with Crippen molar-refractivity contribution in [2.24, 2.45) is 4.99 Å².